The van der Waals surface area contributed by atoms with Crippen molar-refractivity contribution >= 4 is 29.2 Å². The number of carbonyl (C=O) groups is 3. The van der Waals surface area contributed by atoms with Crippen molar-refractivity contribution in [2.75, 3.05) is 16.8 Å². The first-order chi connectivity index (χ1) is 12.9. The minimum Gasteiger partial charge on any atom is -0.479 e. The molecule has 1 heterocycles. The van der Waals surface area contributed by atoms with E-state index in [1.54, 1.807) is 19.1 Å². The van der Waals surface area contributed by atoms with Gasteiger partial charge in [-0.1, -0.05) is 19.1 Å². The van der Waals surface area contributed by atoms with Crippen molar-refractivity contribution in [1.29, 1.82) is 0 Å². The fraction of sp³-hybridized carbons (Fsp3) is 0.250. The maximum Gasteiger partial charge on any atom is 0.335 e. The van der Waals surface area contributed by atoms with Crippen molar-refractivity contribution in [3.63, 3.8) is 0 Å². The van der Waals surface area contributed by atoms with E-state index in [1.807, 2.05) is 19.1 Å². The number of nitrogens with zero attached hydrogens (tertiary/aromatic N) is 1. The Balaban J connectivity index is 1.82. The molecule has 1 aliphatic heterocycles. The molecule has 3 rings (SSSR count). The summed E-state index contributed by atoms with van der Waals surface area (Å²) in [6.45, 7) is 3.39. The van der Waals surface area contributed by atoms with Crippen LogP contribution in [0.4, 0.5) is 11.4 Å². The molecule has 0 spiro atoms. The molecule has 27 heavy (non-hydrogen) atoms. The number of hydrogen-bond acceptors (Lipinski definition) is 4. The van der Waals surface area contributed by atoms with E-state index in [4.69, 9.17) is 4.74 Å². The Bertz CT molecular complexity index is 892. The number of benzene rings is 2. The molecule has 0 saturated carbocycles. The normalized spacial score (nSPS) is 15.7. The molecule has 0 aliphatic carbocycles. The van der Waals surface area contributed by atoms with Crippen LogP contribution in [-0.4, -0.2) is 35.5 Å². The summed E-state index contributed by atoms with van der Waals surface area (Å²) in [7, 11) is 0. The van der Waals surface area contributed by atoms with Gasteiger partial charge in [0.2, 0.25) is 5.91 Å². The number of amides is 2. The minimum atomic E-state index is -1.12. The molecule has 7 nitrogen and oxygen atoms in total. The van der Waals surface area contributed by atoms with E-state index < -0.39 is 18.0 Å². The Kier molecular flexibility index (Phi) is 5.12. The standard InChI is InChI=1S/C20H20N2O5/c1-3-13-4-7-15(8-5-13)21-18(23)11-22-16-10-14(20(25)26)6-9-17(16)27-12(2)19(22)24/h4-10,12H,3,11H2,1-2H3,(H,21,23)(H,25,26). The summed E-state index contributed by atoms with van der Waals surface area (Å²) in [4.78, 5) is 37.5. The number of aromatic carboxylic acids is 1. The van der Waals surface area contributed by atoms with Crippen molar-refractivity contribution in [3.05, 3.63) is 53.6 Å². The molecule has 0 fully saturated rings. The SMILES string of the molecule is CCc1ccc(NC(=O)CN2C(=O)C(C)Oc3ccc(C(=O)O)cc32)cc1. The smallest absolute Gasteiger partial charge is 0.335 e. The van der Waals surface area contributed by atoms with Gasteiger partial charge in [-0.2, -0.15) is 0 Å². The van der Waals surface area contributed by atoms with Gasteiger partial charge in [0.15, 0.2) is 6.10 Å². The van der Waals surface area contributed by atoms with Gasteiger partial charge in [-0.3, -0.25) is 14.5 Å². The third-order valence-electron chi connectivity index (χ3n) is 4.36. The van der Waals surface area contributed by atoms with E-state index in [9.17, 15) is 19.5 Å². The fourth-order valence-electron chi connectivity index (χ4n) is 2.87. The van der Waals surface area contributed by atoms with Crippen LogP contribution in [0.1, 0.15) is 29.8 Å². The van der Waals surface area contributed by atoms with Gasteiger partial charge >= 0.3 is 5.97 Å². The van der Waals surface area contributed by atoms with Crippen molar-refractivity contribution in [2.24, 2.45) is 0 Å². The van der Waals surface area contributed by atoms with E-state index in [1.165, 1.54) is 23.1 Å². The molecule has 1 atom stereocenters. The lowest BCUT2D eigenvalue weighted by atomic mass is 10.1. The molecule has 1 aliphatic rings. The lowest BCUT2D eigenvalue weighted by Crippen LogP contribution is -2.47. The zero-order valence-electron chi connectivity index (χ0n) is 15.1. The summed E-state index contributed by atoms with van der Waals surface area (Å²) in [5.74, 6) is -1.54. The maximum absolute atomic E-state index is 12.5. The predicted octanol–water partition coefficient (Wildman–Crippen LogP) is 2.70. The van der Waals surface area contributed by atoms with Crippen LogP contribution in [0, 0.1) is 0 Å². The van der Waals surface area contributed by atoms with Crippen LogP contribution >= 0.6 is 0 Å². The summed E-state index contributed by atoms with van der Waals surface area (Å²) in [5, 5.41) is 11.9. The van der Waals surface area contributed by atoms with Gasteiger partial charge in [0.25, 0.3) is 5.91 Å². The predicted molar refractivity (Wildman–Crippen MR) is 100 cm³/mol. The van der Waals surface area contributed by atoms with Crippen molar-refractivity contribution in [1.82, 2.24) is 0 Å². The lowest BCUT2D eigenvalue weighted by Gasteiger charge is -2.32. The van der Waals surface area contributed by atoms with Crippen LogP contribution in [0.25, 0.3) is 0 Å². The van der Waals surface area contributed by atoms with Crippen LogP contribution in [-0.2, 0) is 16.0 Å². The first-order valence-electron chi connectivity index (χ1n) is 8.63. The second-order valence-electron chi connectivity index (χ2n) is 6.27. The van der Waals surface area contributed by atoms with Crippen LogP contribution in [0.15, 0.2) is 42.5 Å². The topological polar surface area (TPSA) is 95.9 Å². The summed E-state index contributed by atoms with van der Waals surface area (Å²) in [5.41, 5.74) is 2.07. The Hall–Kier alpha value is -3.35. The van der Waals surface area contributed by atoms with E-state index in [-0.39, 0.29) is 23.7 Å². The lowest BCUT2D eigenvalue weighted by molar-refractivity contribution is -0.127. The average Bonchev–Trinajstić information content (AvgIpc) is 2.65. The number of rotatable bonds is 5. The maximum atomic E-state index is 12.5. The highest BCUT2D eigenvalue weighted by Crippen LogP contribution is 2.34. The molecule has 2 aromatic carbocycles. The molecule has 7 heteroatoms. The fourth-order valence-corrected chi connectivity index (χ4v) is 2.87. The molecule has 2 N–H and O–H groups in total. The van der Waals surface area contributed by atoms with Crippen LogP contribution < -0.4 is 15.0 Å². The summed E-state index contributed by atoms with van der Waals surface area (Å²) in [6.07, 6.45) is 0.140. The molecular formula is C20H20N2O5. The first kappa shape index (κ1) is 18.4. The second kappa shape index (κ2) is 7.49. The number of hydrogen-bond donors (Lipinski definition) is 2. The minimum absolute atomic E-state index is 0.0141. The van der Waals surface area contributed by atoms with Gasteiger partial charge in [-0.15, -0.1) is 0 Å². The van der Waals surface area contributed by atoms with Crippen LogP contribution in [0.5, 0.6) is 5.75 Å². The van der Waals surface area contributed by atoms with Gasteiger partial charge in [0.05, 0.1) is 11.3 Å². The van der Waals surface area contributed by atoms with E-state index >= 15 is 0 Å². The molecule has 140 valence electrons. The zero-order valence-corrected chi connectivity index (χ0v) is 15.1. The highest BCUT2D eigenvalue weighted by atomic mass is 16.5. The number of carbonyl (C=O) groups excluding carboxylic acids is 2. The van der Waals surface area contributed by atoms with Gasteiger partial charge in [-0.25, -0.2) is 4.79 Å². The molecule has 1 unspecified atom stereocenters. The van der Waals surface area contributed by atoms with Crippen molar-refractivity contribution < 1.29 is 24.2 Å². The Morgan fingerprint density at radius 1 is 1.19 bits per heavy atom. The third kappa shape index (κ3) is 3.92. The highest BCUT2D eigenvalue weighted by molar-refractivity contribution is 6.06. The Morgan fingerprint density at radius 2 is 1.89 bits per heavy atom. The largest absolute Gasteiger partial charge is 0.479 e. The molecule has 2 amide bonds. The molecule has 2 aromatic rings. The van der Waals surface area contributed by atoms with Gasteiger partial charge in [-0.05, 0) is 49.2 Å². The number of ether oxygens (including phenoxy) is 1. The van der Waals surface area contributed by atoms with Crippen molar-refractivity contribution in [3.8, 4) is 5.75 Å². The molecule has 0 bridgehead atoms. The quantitative estimate of drug-likeness (QED) is 0.846. The van der Waals surface area contributed by atoms with E-state index in [0.29, 0.717) is 11.4 Å². The van der Waals surface area contributed by atoms with Gasteiger partial charge < -0.3 is 15.2 Å². The summed E-state index contributed by atoms with van der Waals surface area (Å²) >= 11 is 0. The molecule has 0 saturated heterocycles. The van der Waals surface area contributed by atoms with Gasteiger partial charge in [0, 0.05) is 5.69 Å². The molecular weight excluding hydrogens is 348 g/mol. The highest BCUT2D eigenvalue weighted by Gasteiger charge is 2.33. The Morgan fingerprint density at radius 3 is 2.52 bits per heavy atom. The van der Waals surface area contributed by atoms with Crippen LogP contribution in [0.3, 0.4) is 0 Å². The number of aryl methyl sites for hydroxylation is 1. The number of nitrogens with one attached hydrogen (secondary N) is 1. The number of anilines is 2. The second-order valence-corrected chi connectivity index (χ2v) is 6.27. The van der Waals surface area contributed by atoms with Crippen LogP contribution in [0.2, 0.25) is 0 Å². The van der Waals surface area contributed by atoms with Crippen molar-refractivity contribution in [2.45, 2.75) is 26.4 Å². The third-order valence-corrected chi connectivity index (χ3v) is 4.36. The first-order valence-corrected chi connectivity index (χ1v) is 8.63. The van der Waals surface area contributed by atoms with Gasteiger partial charge in [0.1, 0.15) is 12.3 Å². The Labute approximate surface area is 156 Å². The molecule has 0 radical (unpaired) electrons. The molecule has 0 aromatic heterocycles. The van der Waals surface area contributed by atoms with E-state index in [0.717, 1.165) is 12.0 Å². The van der Waals surface area contributed by atoms with E-state index in [2.05, 4.69) is 5.32 Å². The summed E-state index contributed by atoms with van der Waals surface area (Å²) in [6, 6.07) is 11.7. The number of carboxylic acids is 1. The zero-order chi connectivity index (χ0) is 19.6. The number of carboxylic acid groups (broad SMARTS) is 1. The summed E-state index contributed by atoms with van der Waals surface area (Å²) < 4.78 is 5.52. The number of fused-ring (bicyclic) bond motifs is 1. The average molecular weight is 368 g/mol. The monoisotopic (exact) mass is 368 g/mol.